The summed E-state index contributed by atoms with van der Waals surface area (Å²) in [5, 5.41) is 11.8. The molecule has 0 bridgehead atoms. The Hall–Kier alpha value is -1.92. The lowest BCUT2D eigenvalue weighted by molar-refractivity contribution is -0.142. The molecule has 0 saturated carbocycles. The average Bonchev–Trinajstić information content (AvgIpc) is 2.50. The van der Waals surface area contributed by atoms with Crippen molar-refractivity contribution in [2.45, 2.75) is 38.6 Å². The van der Waals surface area contributed by atoms with Gasteiger partial charge in [0.2, 0.25) is 5.91 Å². The van der Waals surface area contributed by atoms with Gasteiger partial charge in [-0.15, -0.1) is 0 Å². The number of nitrogens with one attached hydrogen (secondary N) is 1. The summed E-state index contributed by atoms with van der Waals surface area (Å²) in [6.07, 6.45) is 0.226. The molecule has 0 aliphatic rings. The van der Waals surface area contributed by atoms with Crippen LogP contribution in [-0.4, -0.2) is 50.0 Å². The number of carboxylic acids is 1. The fourth-order valence-corrected chi connectivity index (χ4v) is 2.12. The van der Waals surface area contributed by atoms with Crippen molar-refractivity contribution in [2.24, 2.45) is 0 Å². The molecular formula is C18H27NO5. The SMILES string of the molecule is COCCOCC(=O)N[C@H](Cc1ccc(C(C)(C)C)cc1)C(=O)O. The van der Waals surface area contributed by atoms with E-state index >= 15 is 0 Å². The molecule has 2 N–H and O–H groups in total. The van der Waals surface area contributed by atoms with Gasteiger partial charge in [-0.25, -0.2) is 4.79 Å². The molecular weight excluding hydrogens is 310 g/mol. The third-order valence-corrected chi connectivity index (χ3v) is 3.56. The molecule has 0 radical (unpaired) electrons. The van der Waals surface area contributed by atoms with Crippen LogP contribution in [0.2, 0.25) is 0 Å². The van der Waals surface area contributed by atoms with E-state index in [-0.39, 0.29) is 25.0 Å². The van der Waals surface area contributed by atoms with Crippen LogP contribution < -0.4 is 5.32 Å². The largest absolute Gasteiger partial charge is 0.480 e. The Morgan fingerprint density at radius 2 is 1.79 bits per heavy atom. The number of rotatable bonds is 9. The molecule has 0 unspecified atom stereocenters. The van der Waals surface area contributed by atoms with Gasteiger partial charge >= 0.3 is 5.97 Å². The maximum Gasteiger partial charge on any atom is 0.326 e. The van der Waals surface area contributed by atoms with E-state index in [1.54, 1.807) is 0 Å². The Bertz CT molecular complexity index is 533. The van der Waals surface area contributed by atoms with E-state index in [1.165, 1.54) is 12.7 Å². The summed E-state index contributed by atoms with van der Waals surface area (Å²) in [6, 6.07) is 6.80. The molecule has 24 heavy (non-hydrogen) atoms. The molecule has 6 heteroatoms. The summed E-state index contributed by atoms with van der Waals surface area (Å²) in [6.45, 7) is 6.84. The van der Waals surface area contributed by atoms with Crippen molar-refractivity contribution in [2.75, 3.05) is 26.9 Å². The van der Waals surface area contributed by atoms with Crippen LogP contribution >= 0.6 is 0 Å². The quantitative estimate of drug-likeness (QED) is 0.671. The third kappa shape index (κ3) is 7.10. The minimum absolute atomic E-state index is 0.0402. The maximum absolute atomic E-state index is 11.8. The van der Waals surface area contributed by atoms with E-state index in [2.05, 4.69) is 26.1 Å². The molecule has 6 nitrogen and oxygen atoms in total. The zero-order valence-corrected chi connectivity index (χ0v) is 14.8. The maximum atomic E-state index is 11.8. The number of hydrogen-bond donors (Lipinski definition) is 2. The first-order chi connectivity index (χ1) is 11.2. The Balaban J connectivity index is 2.60. The molecule has 0 aliphatic carbocycles. The van der Waals surface area contributed by atoms with Crippen molar-refractivity contribution in [1.82, 2.24) is 5.32 Å². The molecule has 0 aromatic heterocycles. The van der Waals surface area contributed by atoms with E-state index < -0.39 is 17.9 Å². The van der Waals surface area contributed by atoms with Crippen molar-refractivity contribution >= 4 is 11.9 Å². The lowest BCUT2D eigenvalue weighted by atomic mass is 9.86. The van der Waals surface area contributed by atoms with E-state index in [4.69, 9.17) is 9.47 Å². The van der Waals surface area contributed by atoms with Crippen molar-refractivity contribution < 1.29 is 24.2 Å². The number of aliphatic carboxylic acids is 1. The second-order valence-corrected chi connectivity index (χ2v) is 6.65. The van der Waals surface area contributed by atoms with Gasteiger partial charge in [-0.3, -0.25) is 4.79 Å². The molecule has 0 heterocycles. The van der Waals surface area contributed by atoms with Gasteiger partial charge in [-0.2, -0.15) is 0 Å². The average molecular weight is 337 g/mol. The fraction of sp³-hybridized carbons (Fsp3) is 0.556. The smallest absolute Gasteiger partial charge is 0.326 e. The topological polar surface area (TPSA) is 84.9 Å². The van der Waals surface area contributed by atoms with E-state index in [1.807, 2.05) is 24.3 Å². The molecule has 0 fully saturated rings. The van der Waals surface area contributed by atoms with Crippen LogP contribution in [0.3, 0.4) is 0 Å². The summed E-state index contributed by atoms with van der Waals surface area (Å²) >= 11 is 0. The summed E-state index contributed by atoms with van der Waals surface area (Å²) in [5.74, 6) is -1.52. The van der Waals surface area contributed by atoms with Crippen LogP contribution in [0.4, 0.5) is 0 Å². The van der Waals surface area contributed by atoms with E-state index in [0.29, 0.717) is 6.61 Å². The Labute approximate surface area is 143 Å². The number of amides is 1. The number of carbonyl (C=O) groups is 2. The predicted octanol–water partition coefficient (Wildman–Crippen LogP) is 1.76. The number of benzene rings is 1. The first-order valence-electron chi connectivity index (χ1n) is 7.92. The molecule has 1 rings (SSSR count). The number of ether oxygens (including phenoxy) is 2. The van der Waals surface area contributed by atoms with Crippen LogP contribution in [0.1, 0.15) is 31.9 Å². The van der Waals surface area contributed by atoms with Gasteiger partial charge in [0.25, 0.3) is 0 Å². The van der Waals surface area contributed by atoms with Gasteiger partial charge in [-0.1, -0.05) is 45.0 Å². The van der Waals surface area contributed by atoms with Crippen LogP contribution in [0.15, 0.2) is 24.3 Å². The van der Waals surface area contributed by atoms with Gasteiger partial charge in [0.1, 0.15) is 12.6 Å². The van der Waals surface area contributed by atoms with Crippen molar-refractivity contribution in [1.29, 1.82) is 0 Å². The lowest BCUT2D eigenvalue weighted by Gasteiger charge is -2.20. The standard InChI is InChI=1S/C18H27NO5/c1-18(2,3)14-7-5-13(6-8-14)11-15(17(21)22)19-16(20)12-24-10-9-23-4/h5-8,15H,9-12H2,1-4H3,(H,19,20)(H,21,22)/t15-/m1/s1. The summed E-state index contributed by atoms with van der Waals surface area (Å²) in [5.41, 5.74) is 2.07. The van der Waals surface area contributed by atoms with E-state index in [9.17, 15) is 14.7 Å². The normalized spacial score (nSPS) is 12.7. The van der Waals surface area contributed by atoms with Gasteiger partial charge < -0.3 is 19.9 Å². The minimum Gasteiger partial charge on any atom is -0.480 e. The number of carboxylic acid groups (broad SMARTS) is 1. The van der Waals surface area contributed by atoms with Crippen LogP contribution in [0, 0.1) is 0 Å². The number of carbonyl (C=O) groups excluding carboxylic acids is 1. The Kier molecular flexibility index (Phi) is 7.88. The van der Waals surface area contributed by atoms with Crippen LogP contribution in [0.5, 0.6) is 0 Å². The van der Waals surface area contributed by atoms with Crippen molar-refractivity contribution in [3.8, 4) is 0 Å². The fourth-order valence-electron chi connectivity index (χ4n) is 2.12. The second-order valence-electron chi connectivity index (χ2n) is 6.65. The summed E-state index contributed by atoms with van der Waals surface area (Å²) < 4.78 is 9.89. The number of hydrogen-bond acceptors (Lipinski definition) is 4. The summed E-state index contributed by atoms with van der Waals surface area (Å²) in [7, 11) is 1.54. The molecule has 0 saturated heterocycles. The molecule has 0 aliphatic heterocycles. The Morgan fingerprint density at radius 3 is 2.29 bits per heavy atom. The van der Waals surface area contributed by atoms with Crippen molar-refractivity contribution in [3.05, 3.63) is 35.4 Å². The molecule has 1 aromatic carbocycles. The Morgan fingerprint density at radius 1 is 1.17 bits per heavy atom. The highest BCUT2D eigenvalue weighted by Gasteiger charge is 2.21. The van der Waals surface area contributed by atoms with Crippen LogP contribution in [-0.2, 0) is 30.9 Å². The number of methoxy groups -OCH3 is 1. The zero-order chi connectivity index (χ0) is 18.2. The molecule has 1 aromatic rings. The molecule has 1 atom stereocenters. The highest BCUT2D eigenvalue weighted by Crippen LogP contribution is 2.22. The highest BCUT2D eigenvalue weighted by atomic mass is 16.5. The monoisotopic (exact) mass is 337 g/mol. The third-order valence-electron chi connectivity index (χ3n) is 3.56. The van der Waals surface area contributed by atoms with Gasteiger partial charge in [0, 0.05) is 13.5 Å². The highest BCUT2D eigenvalue weighted by molar-refractivity contribution is 5.84. The first-order valence-corrected chi connectivity index (χ1v) is 7.92. The van der Waals surface area contributed by atoms with Gasteiger partial charge in [0.15, 0.2) is 0 Å². The van der Waals surface area contributed by atoms with Crippen molar-refractivity contribution in [3.63, 3.8) is 0 Å². The van der Waals surface area contributed by atoms with E-state index in [0.717, 1.165) is 5.56 Å². The molecule has 0 spiro atoms. The van der Waals surface area contributed by atoms with Crippen LogP contribution in [0.25, 0.3) is 0 Å². The first kappa shape index (κ1) is 20.1. The predicted molar refractivity (Wildman–Crippen MR) is 91.1 cm³/mol. The summed E-state index contributed by atoms with van der Waals surface area (Å²) in [4.78, 5) is 23.1. The zero-order valence-electron chi connectivity index (χ0n) is 14.8. The molecule has 134 valence electrons. The minimum atomic E-state index is -1.07. The lowest BCUT2D eigenvalue weighted by Crippen LogP contribution is -2.44. The van der Waals surface area contributed by atoms with Gasteiger partial charge in [0.05, 0.1) is 13.2 Å². The molecule has 1 amide bonds. The second kappa shape index (κ2) is 9.39. The van der Waals surface area contributed by atoms with Gasteiger partial charge in [-0.05, 0) is 16.5 Å².